The molecule has 1 aliphatic heterocycles. The van der Waals surface area contributed by atoms with Crippen LogP contribution in [-0.2, 0) is 4.74 Å². The second kappa shape index (κ2) is 8.67. The molecule has 7 nitrogen and oxygen atoms in total. The molecular formula is C21H27N5O2. The predicted octanol–water partition coefficient (Wildman–Crippen LogP) is 2.94. The third-order valence-electron chi connectivity index (χ3n) is 5.39. The van der Waals surface area contributed by atoms with Crippen molar-refractivity contribution in [1.82, 2.24) is 20.4 Å². The van der Waals surface area contributed by atoms with Crippen LogP contribution in [0.15, 0.2) is 42.5 Å². The molecule has 2 aliphatic rings. The van der Waals surface area contributed by atoms with E-state index in [9.17, 15) is 4.79 Å². The fourth-order valence-electron chi connectivity index (χ4n) is 3.75. The molecule has 0 radical (unpaired) electrons. The molecule has 4 rings (SSSR count). The molecule has 1 aromatic carbocycles. The number of benzene rings is 1. The first-order valence-electron chi connectivity index (χ1n) is 10.0. The summed E-state index contributed by atoms with van der Waals surface area (Å²) in [6, 6.07) is 13.9. The van der Waals surface area contributed by atoms with Crippen LogP contribution in [0.3, 0.4) is 0 Å². The van der Waals surface area contributed by atoms with Gasteiger partial charge in [-0.3, -0.25) is 10.2 Å². The fraction of sp³-hybridized carbons (Fsp3) is 0.476. The van der Waals surface area contributed by atoms with Crippen molar-refractivity contribution >= 4 is 11.8 Å². The first kappa shape index (κ1) is 18.8. The molecule has 1 aromatic heterocycles. The van der Waals surface area contributed by atoms with Gasteiger partial charge in [-0.15, -0.1) is 5.10 Å². The Bertz CT molecular complexity index is 779. The molecule has 2 fully saturated rings. The molecular weight excluding hydrogens is 354 g/mol. The molecule has 2 aromatic rings. The van der Waals surface area contributed by atoms with E-state index in [-0.39, 0.29) is 18.2 Å². The zero-order valence-electron chi connectivity index (χ0n) is 16.2. The van der Waals surface area contributed by atoms with E-state index < -0.39 is 0 Å². The molecule has 1 saturated carbocycles. The maximum absolute atomic E-state index is 12.3. The Labute approximate surface area is 165 Å². The second-order valence-corrected chi connectivity index (χ2v) is 7.35. The van der Waals surface area contributed by atoms with E-state index >= 15 is 0 Å². The molecule has 1 aliphatic carbocycles. The van der Waals surface area contributed by atoms with Crippen LogP contribution in [0.5, 0.6) is 0 Å². The number of urea groups is 1. The number of hydrogen-bond acceptors (Lipinski definition) is 5. The lowest BCUT2D eigenvalue weighted by Crippen LogP contribution is -2.50. The Morgan fingerprint density at radius 2 is 2.00 bits per heavy atom. The fourth-order valence-corrected chi connectivity index (χ4v) is 3.75. The third kappa shape index (κ3) is 4.48. The highest BCUT2D eigenvalue weighted by atomic mass is 16.5. The van der Waals surface area contributed by atoms with E-state index in [2.05, 4.69) is 44.8 Å². The summed E-state index contributed by atoms with van der Waals surface area (Å²) in [5, 5.41) is 14.0. The molecule has 0 spiro atoms. The minimum Gasteiger partial charge on any atom is -0.373 e. The summed E-state index contributed by atoms with van der Waals surface area (Å²) in [6.45, 7) is 5.08. The van der Waals surface area contributed by atoms with Gasteiger partial charge in [-0.05, 0) is 37.1 Å². The highest BCUT2D eigenvalue weighted by Gasteiger charge is 2.33. The van der Waals surface area contributed by atoms with Gasteiger partial charge in [0, 0.05) is 19.0 Å². The summed E-state index contributed by atoms with van der Waals surface area (Å²) in [5.74, 6) is 1.01. The molecule has 2 amide bonds. The van der Waals surface area contributed by atoms with E-state index in [4.69, 9.17) is 4.74 Å². The van der Waals surface area contributed by atoms with Crippen LogP contribution in [0.2, 0.25) is 0 Å². The number of hydrogen-bond donors (Lipinski definition) is 2. The van der Waals surface area contributed by atoms with Gasteiger partial charge < -0.3 is 10.1 Å². The van der Waals surface area contributed by atoms with Crippen molar-refractivity contribution in [3.63, 3.8) is 0 Å². The van der Waals surface area contributed by atoms with Gasteiger partial charge in [-0.2, -0.15) is 5.10 Å². The zero-order chi connectivity index (χ0) is 19.3. The minimum absolute atomic E-state index is 0.106. The predicted molar refractivity (Wildman–Crippen MR) is 107 cm³/mol. The number of anilines is 1. The Morgan fingerprint density at radius 1 is 1.18 bits per heavy atom. The Hall–Kier alpha value is -2.51. The lowest BCUT2D eigenvalue weighted by Gasteiger charge is -2.41. The largest absolute Gasteiger partial charge is 0.373 e. The maximum atomic E-state index is 12.3. The molecule has 0 unspecified atom stereocenters. The number of ether oxygens (including phenoxy) is 1. The number of carbonyl (C=O) groups is 1. The standard InChI is InChI=1S/C21H27N5O2/c1-2-26-12-13-28-18(20(26)16-6-4-3-5-7-16)14-22-21(27)23-19-11-10-17(24-25-19)15-8-9-15/h3-7,10-11,15,18,20H,2,8-9,12-14H2,1H3,(H2,22,23,25,27)/t18-,20-/m0/s1. The van der Waals surface area contributed by atoms with Gasteiger partial charge in [0.15, 0.2) is 5.82 Å². The van der Waals surface area contributed by atoms with Crippen LogP contribution >= 0.6 is 0 Å². The van der Waals surface area contributed by atoms with Gasteiger partial charge in [0.05, 0.1) is 24.4 Å². The van der Waals surface area contributed by atoms with Crippen molar-refractivity contribution in [3.8, 4) is 0 Å². The highest BCUT2D eigenvalue weighted by Crippen LogP contribution is 2.38. The summed E-state index contributed by atoms with van der Waals surface area (Å²) in [4.78, 5) is 14.7. The summed E-state index contributed by atoms with van der Waals surface area (Å²) in [5.41, 5.74) is 2.21. The minimum atomic E-state index is -0.294. The molecule has 2 heterocycles. The van der Waals surface area contributed by atoms with Crippen molar-refractivity contribution in [3.05, 3.63) is 53.7 Å². The lowest BCUT2D eigenvalue weighted by molar-refractivity contribution is -0.0680. The van der Waals surface area contributed by atoms with E-state index in [1.165, 1.54) is 18.4 Å². The molecule has 28 heavy (non-hydrogen) atoms. The number of aromatic nitrogens is 2. The monoisotopic (exact) mass is 381 g/mol. The van der Waals surface area contributed by atoms with Gasteiger partial charge >= 0.3 is 6.03 Å². The van der Waals surface area contributed by atoms with Gasteiger partial charge in [-0.1, -0.05) is 37.3 Å². The number of nitrogens with one attached hydrogen (secondary N) is 2. The van der Waals surface area contributed by atoms with E-state index in [0.717, 1.165) is 18.8 Å². The lowest BCUT2D eigenvalue weighted by atomic mass is 9.98. The van der Waals surface area contributed by atoms with Crippen LogP contribution < -0.4 is 10.6 Å². The summed E-state index contributed by atoms with van der Waals surface area (Å²) in [6.07, 6.45) is 2.26. The van der Waals surface area contributed by atoms with Crippen LogP contribution in [-0.4, -0.2) is 53.5 Å². The molecule has 148 valence electrons. The number of amides is 2. The average molecular weight is 381 g/mol. The van der Waals surface area contributed by atoms with Crippen molar-refractivity contribution in [2.75, 3.05) is 31.6 Å². The van der Waals surface area contributed by atoms with Crippen LogP contribution in [0.25, 0.3) is 0 Å². The normalized spacial score (nSPS) is 22.6. The first-order chi connectivity index (χ1) is 13.7. The van der Waals surface area contributed by atoms with Crippen molar-refractivity contribution < 1.29 is 9.53 Å². The summed E-state index contributed by atoms with van der Waals surface area (Å²) < 4.78 is 6.01. The van der Waals surface area contributed by atoms with Gasteiger partial charge in [-0.25, -0.2) is 4.79 Å². The topological polar surface area (TPSA) is 79.4 Å². The van der Waals surface area contributed by atoms with E-state index in [0.29, 0.717) is 24.9 Å². The SMILES string of the molecule is CCN1CCO[C@@H](CNC(=O)Nc2ccc(C3CC3)nn2)[C@@H]1c1ccccc1. The Balaban J connectivity index is 1.35. The molecule has 1 saturated heterocycles. The van der Waals surface area contributed by atoms with E-state index in [1.54, 1.807) is 0 Å². The summed E-state index contributed by atoms with van der Waals surface area (Å²) in [7, 11) is 0. The maximum Gasteiger partial charge on any atom is 0.320 e. The molecule has 7 heteroatoms. The molecule has 2 atom stereocenters. The number of carbonyl (C=O) groups excluding carboxylic acids is 1. The second-order valence-electron chi connectivity index (χ2n) is 7.35. The van der Waals surface area contributed by atoms with Gasteiger partial charge in [0.2, 0.25) is 0 Å². The number of rotatable bonds is 6. The van der Waals surface area contributed by atoms with Gasteiger partial charge in [0.1, 0.15) is 0 Å². The number of morpholine rings is 1. The molecule has 0 bridgehead atoms. The summed E-state index contributed by atoms with van der Waals surface area (Å²) >= 11 is 0. The third-order valence-corrected chi connectivity index (χ3v) is 5.39. The highest BCUT2D eigenvalue weighted by molar-refractivity contribution is 5.88. The smallest absolute Gasteiger partial charge is 0.320 e. The Morgan fingerprint density at radius 3 is 2.68 bits per heavy atom. The van der Waals surface area contributed by atoms with Crippen molar-refractivity contribution in [1.29, 1.82) is 0 Å². The van der Waals surface area contributed by atoms with Crippen molar-refractivity contribution in [2.45, 2.75) is 37.8 Å². The van der Waals surface area contributed by atoms with Crippen LogP contribution in [0, 0.1) is 0 Å². The number of nitrogens with zero attached hydrogens (tertiary/aromatic N) is 3. The number of likely N-dealkylation sites (N-methyl/N-ethyl adjacent to an activating group) is 1. The first-order valence-corrected chi connectivity index (χ1v) is 10.0. The zero-order valence-corrected chi connectivity index (χ0v) is 16.2. The average Bonchev–Trinajstić information content (AvgIpc) is 3.58. The van der Waals surface area contributed by atoms with Gasteiger partial charge in [0.25, 0.3) is 0 Å². The molecule has 2 N–H and O–H groups in total. The van der Waals surface area contributed by atoms with Crippen molar-refractivity contribution in [2.24, 2.45) is 0 Å². The quantitative estimate of drug-likeness (QED) is 0.804. The van der Waals surface area contributed by atoms with Crippen LogP contribution in [0.1, 0.15) is 43.0 Å². The van der Waals surface area contributed by atoms with Crippen LogP contribution in [0.4, 0.5) is 10.6 Å². The van der Waals surface area contributed by atoms with E-state index in [1.807, 2.05) is 30.3 Å². The Kier molecular flexibility index (Phi) is 5.83.